The van der Waals surface area contributed by atoms with Crippen LogP contribution in [0.1, 0.15) is 258 Å². The van der Waals surface area contributed by atoms with Gasteiger partial charge in [0.2, 0.25) is 5.91 Å². The minimum absolute atomic E-state index is 0.0553. The minimum atomic E-state index is -0.799. The van der Waals surface area contributed by atoms with E-state index in [0.29, 0.717) is 19.3 Å². The predicted octanol–water partition coefficient (Wildman–Crippen LogP) is 16.6. The average molecular weight is 894 g/mol. The molecule has 6 nitrogen and oxygen atoms in total. The van der Waals surface area contributed by atoms with Crippen LogP contribution in [-0.2, 0) is 14.3 Å². The average Bonchev–Trinajstić information content (AvgIpc) is 3.29. The van der Waals surface area contributed by atoms with Gasteiger partial charge in [-0.25, -0.2) is 0 Å². The summed E-state index contributed by atoms with van der Waals surface area (Å²) >= 11 is 0. The van der Waals surface area contributed by atoms with Gasteiger partial charge in [-0.2, -0.15) is 0 Å². The van der Waals surface area contributed by atoms with Crippen molar-refractivity contribution in [1.82, 2.24) is 5.32 Å². The molecule has 0 aliphatic heterocycles. The second-order valence-electron chi connectivity index (χ2n) is 18.4. The van der Waals surface area contributed by atoms with Crippen LogP contribution in [0.3, 0.4) is 0 Å². The monoisotopic (exact) mass is 894 g/mol. The SMILES string of the molecule is CC/C=C/C=C/C=C\C=C/C=C/CCCCCC(=O)OC(CCCCCCCCC/C=C/CCCCCCCC)CC(=O)NC(CO)C(O)CCCCCCCCCCCCCCC. The topological polar surface area (TPSA) is 95.9 Å². The Kier molecular flexibility index (Phi) is 49.1. The molecule has 0 saturated heterocycles. The molecule has 0 aromatic rings. The molecule has 0 rings (SSSR count). The second kappa shape index (κ2) is 51.3. The number of aliphatic hydroxyl groups excluding tert-OH is 2. The number of hydrogen-bond acceptors (Lipinski definition) is 5. The van der Waals surface area contributed by atoms with Crippen LogP contribution in [0.4, 0.5) is 0 Å². The number of esters is 1. The molecule has 0 aromatic carbocycles. The van der Waals surface area contributed by atoms with Crippen LogP contribution in [0.5, 0.6) is 0 Å². The van der Waals surface area contributed by atoms with E-state index in [1.54, 1.807) is 0 Å². The molecule has 0 heterocycles. The van der Waals surface area contributed by atoms with Gasteiger partial charge in [-0.15, -0.1) is 0 Å². The third-order valence-electron chi connectivity index (χ3n) is 12.1. The van der Waals surface area contributed by atoms with Gasteiger partial charge in [-0.1, -0.05) is 248 Å². The maximum absolute atomic E-state index is 13.2. The van der Waals surface area contributed by atoms with Gasteiger partial charge < -0.3 is 20.3 Å². The smallest absolute Gasteiger partial charge is 0.306 e. The van der Waals surface area contributed by atoms with Gasteiger partial charge in [0.1, 0.15) is 6.10 Å². The summed E-state index contributed by atoms with van der Waals surface area (Å²) in [5.41, 5.74) is 0. The van der Waals surface area contributed by atoms with Crippen LogP contribution in [0.2, 0.25) is 0 Å². The molecule has 370 valence electrons. The third kappa shape index (κ3) is 45.9. The molecular formula is C58H103NO5. The summed E-state index contributed by atoms with van der Waals surface area (Å²) in [7, 11) is 0. The lowest BCUT2D eigenvalue weighted by molar-refractivity contribution is -0.151. The number of rotatable bonds is 48. The largest absolute Gasteiger partial charge is 0.462 e. The van der Waals surface area contributed by atoms with Crippen molar-refractivity contribution in [2.75, 3.05) is 6.61 Å². The fraction of sp³-hybridized carbons (Fsp3) is 0.759. The molecule has 0 saturated carbocycles. The van der Waals surface area contributed by atoms with Gasteiger partial charge in [0.25, 0.3) is 0 Å². The number of hydrogen-bond donors (Lipinski definition) is 3. The van der Waals surface area contributed by atoms with Crippen molar-refractivity contribution in [1.29, 1.82) is 0 Å². The van der Waals surface area contributed by atoms with Crippen LogP contribution in [-0.4, -0.2) is 46.9 Å². The molecule has 6 heteroatoms. The first-order chi connectivity index (χ1) is 31.5. The number of allylic oxidation sites excluding steroid dienone is 12. The molecule has 3 atom stereocenters. The van der Waals surface area contributed by atoms with E-state index in [4.69, 9.17) is 4.74 Å². The normalized spacial score (nSPS) is 13.8. The minimum Gasteiger partial charge on any atom is -0.462 e. The zero-order valence-electron chi connectivity index (χ0n) is 42.1. The standard InChI is InChI=1S/C58H103NO5/c1-4-7-10-13-16-19-22-25-27-28-30-32-34-37-40-43-46-49-54(64-58(63)51-48-45-42-39-36-33-29-26-23-20-17-14-11-8-5-2)52-57(62)59-55(53-60)56(61)50-47-44-41-38-35-31-24-21-18-15-12-9-6-3/h8,11,14,17,20,23,25-27,29,33,36,54-56,60-61H,4-7,9-10,12-13,15-16,18-19,21-22,24,28,30-32,34-35,37-53H2,1-3H3,(H,59,62)/b11-8+,17-14+,23-20-,27-25+,29-26-,36-33+. The highest BCUT2D eigenvalue weighted by Gasteiger charge is 2.24. The van der Waals surface area contributed by atoms with Crippen molar-refractivity contribution in [3.63, 3.8) is 0 Å². The van der Waals surface area contributed by atoms with E-state index < -0.39 is 18.2 Å². The van der Waals surface area contributed by atoms with E-state index >= 15 is 0 Å². The van der Waals surface area contributed by atoms with Crippen molar-refractivity contribution in [2.24, 2.45) is 0 Å². The number of carbonyl (C=O) groups is 2. The second-order valence-corrected chi connectivity index (χ2v) is 18.4. The number of unbranched alkanes of at least 4 members (excludes halogenated alkanes) is 28. The van der Waals surface area contributed by atoms with Gasteiger partial charge >= 0.3 is 5.97 Å². The molecule has 0 bridgehead atoms. The predicted molar refractivity (Wildman–Crippen MR) is 278 cm³/mol. The number of ether oxygens (including phenoxy) is 1. The first kappa shape index (κ1) is 61.3. The Balaban J connectivity index is 4.66. The van der Waals surface area contributed by atoms with E-state index in [1.165, 1.54) is 141 Å². The molecule has 64 heavy (non-hydrogen) atoms. The van der Waals surface area contributed by atoms with Crippen molar-refractivity contribution < 1.29 is 24.5 Å². The summed E-state index contributed by atoms with van der Waals surface area (Å²) in [4.78, 5) is 26.2. The Hall–Kier alpha value is -2.70. The Labute approximate surface area is 396 Å². The Morgan fingerprint density at radius 1 is 0.469 bits per heavy atom. The Morgan fingerprint density at radius 3 is 1.33 bits per heavy atom. The quantitative estimate of drug-likeness (QED) is 0.0245. The lowest BCUT2D eigenvalue weighted by Crippen LogP contribution is -2.46. The van der Waals surface area contributed by atoms with Crippen molar-refractivity contribution in [3.05, 3.63) is 72.9 Å². The summed E-state index contributed by atoms with van der Waals surface area (Å²) in [6, 6.07) is -0.715. The zero-order valence-corrected chi connectivity index (χ0v) is 42.1. The molecular weight excluding hydrogens is 791 g/mol. The summed E-state index contributed by atoms with van der Waals surface area (Å²) in [5.74, 6) is -0.524. The lowest BCUT2D eigenvalue weighted by Gasteiger charge is -2.24. The van der Waals surface area contributed by atoms with Gasteiger partial charge in [-0.3, -0.25) is 9.59 Å². The van der Waals surface area contributed by atoms with Crippen LogP contribution >= 0.6 is 0 Å². The summed E-state index contributed by atoms with van der Waals surface area (Å²) in [5, 5.41) is 23.8. The fourth-order valence-electron chi connectivity index (χ4n) is 8.03. The Bertz CT molecular complexity index is 1190. The van der Waals surface area contributed by atoms with E-state index in [-0.39, 0.29) is 24.9 Å². The highest BCUT2D eigenvalue weighted by Crippen LogP contribution is 2.18. The van der Waals surface area contributed by atoms with Crippen molar-refractivity contribution in [3.8, 4) is 0 Å². The van der Waals surface area contributed by atoms with Gasteiger partial charge in [0.05, 0.1) is 25.2 Å². The van der Waals surface area contributed by atoms with Crippen molar-refractivity contribution in [2.45, 2.75) is 277 Å². The third-order valence-corrected chi connectivity index (χ3v) is 12.1. The number of aliphatic hydroxyl groups is 2. The molecule has 1 amide bonds. The number of carbonyl (C=O) groups excluding carboxylic acids is 2. The highest BCUT2D eigenvalue weighted by molar-refractivity contribution is 5.77. The highest BCUT2D eigenvalue weighted by atomic mass is 16.5. The maximum Gasteiger partial charge on any atom is 0.306 e. The molecule has 3 unspecified atom stereocenters. The van der Waals surface area contributed by atoms with Crippen LogP contribution in [0.15, 0.2) is 72.9 Å². The molecule has 0 spiro atoms. The number of amides is 1. The fourth-order valence-corrected chi connectivity index (χ4v) is 8.03. The summed E-state index contributed by atoms with van der Waals surface area (Å²) in [6.45, 7) is 6.34. The lowest BCUT2D eigenvalue weighted by atomic mass is 10.0. The molecule has 0 radical (unpaired) electrons. The van der Waals surface area contributed by atoms with Gasteiger partial charge in [0, 0.05) is 6.42 Å². The van der Waals surface area contributed by atoms with Crippen LogP contribution < -0.4 is 5.32 Å². The Morgan fingerprint density at radius 2 is 0.859 bits per heavy atom. The zero-order chi connectivity index (χ0) is 46.7. The first-order valence-electron chi connectivity index (χ1n) is 27.2. The van der Waals surface area contributed by atoms with Crippen LogP contribution in [0, 0.1) is 0 Å². The van der Waals surface area contributed by atoms with E-state index in [9.17, 15) is 19.8 Å². The van der Waals surface area contributed by atoms with E-state index in [0.717, 1.165) is 70.6 Å². The van der Waals surface area contributed by atoms with Gasteiger partial charge in [-0.05, 0) is 70.6 Å². The summed E-state index contributed by atoms with van der Waals surface area (Å²) in [6.07, 6.45) is 65.3. The summed E-state index contributed by atoms with van der Waals surface area (Å²) < 4.78 is 5.93. The van der Waals surface area contributed by atoms with E-state index in [1.807, 2.05) is 36.5 Å². The molecule has 0 fully saturated rings. The molecule has 0 aliphatic carbocycles. The molecule has 0 aliphatic rings. The maximum atomic E-state index is 13.2. The van der Waals surface area contributed by atoms with Crippen LogP contribution in [0.25, 0.3) is 0 Å². The number of nitrogens with one attached hydrogen (secondary N) is 1. The van der Waals surface area contributed by atoms with E-state index in [2.05, 4.69) is 62.5 Å². The van der Waals surface area contributed by atoms with Crippen molar-refractivity contribution >= 4 is 11.9 Å². The molecule has 3 N–H and O–H groups in total. The molecule has 0 aromatic heterocycles. The van der Waals surface area contributed by atoms with Gasteiger partial charge in [0.15, 0.2) is 0 Å². The first-order valence-corrected chi connectivity index (χ1v) is 27.2.